The molecule has 0 aliphatic carbocycles. The van der Waals surface area contributed by atoms with Crippen molar-refractivity contribution in [3.8, 4) is 0 Å². The average Bonchev–Trinajstić information content (AvgIpc) is 2.34. The topological polar surface area (TPSA) is 38.0 Å². The summed E-state index contributed by atoms with van der Waals surface area (Å²) in [6.45, 7) is 4.05. The van der Waals surface area contributed by atoms with Crippen molar-refractivity contribution in [2.24, 2.45) is 5.73 Å². The number of halogens is 1. The molecule has 19 heavy (non-hydrogen) atoms. The second-order valence-corrected chi connectivity index (χ2v) is 4.94. The van der Waals surface area contributed by atoms with Gasteiger partial charge in [-0.1, -0.05) is 29.9 Å². The molecule has 0 aliphatic heterocycles. The highest BCUT2D eigenvalue weighted by Gasteiger charge is 2.08. The summed E-state index contributed by atoms with van der Waals surface area (Å²) in [5.74, 6) is -0.353. The van der Waals surface area contributed by atoms with E-state index in [0.29, 0.717) is 11.3 Å². The summed E-state index contributed by atoms with van der Waals surface area (Å²) >= 11 is 4.95. The van der Waals surface area contributed by atoms with Gasteiger partial charge in [-0.05, 0) is 43.7 Å². The van der Waals surface area contributed by atoms with Crippen molar-refractivity contribution in [2.75, 3.05) is 5.32 Å². The molecule has 2 rings (SSSR count). The molecule has 0 fully saturated rings. The minimum atomic E-state index is -0.353. The van der Waals surface area contributed by atoms with Crippen LogP contribution < -0.4 is 11.1 Å². The molecule has 0 aromatic heterocycles. The van der Waals surface area contributed by atoms with Crippen molar-refractivity contribution in [3.05, 3.63) is 58.9 Å². The van der Waals surface area contributed by atoms with E-state index in [4.69, 9.17) is 18.0 Å². The van der Waals surface area contributed by atoms with E-state index >= 15 is 0 Å². The van der Waals surface area contributed by atoms with Gasteiger partial charge in [-0.25, -0.2) is 4.39 Å². The van der Waals surface area contributed by atoms with Gasteiger partial charge in [-0.15, -0.1) is 0 Å². The van der Waals surface area contributed by atoms with Gasteiger partial charge in [0.1, 0.15) is 10.8 Å². The van der Waals surface area contributed by atoms with E-state index in [9.17, 15) is 4.39 Å². The molecule has 4 heteroatoms. The minimum Gasteiger partial charge on any atom is -0.389 e. The first kappa shape index (κ1) is 13.5. The first-order valence-corrected chi connectivity index (χ1v) is 6.32. The third kappa shape index (κ3) is 3.09. The predicted octanol–water partition coefficient (Wildman–Crippen LogP) is 3.82. The smallest absolute Gasteiger partial charge is 0.124 e. The van der Waals surface area contributed by atoms with Crippen molar-refractivity contribution in [3.63, 3.8) is 0 Å². The molecule has 3 N–H and O–H groups in total. The minimum absolute atomic E-state index is 0.173. The Labute approximate surface area is 117 Å². The first-order valence-electron chi connectivity index (χ1n) is 5.91. The van der Waals surface area contributed by atoms with Gasteiger partial charge in [0, 0.05) is 16.9 Å². The zero-order chi connectivity index (χ0) is 14.0. The maximum absolute atomic E-state index is 13.2. The van der Waals surface area contributed by atoms with Crippen molar-refractivity contribution in [2.45, 2.75) is 13.8 Å². The van der Waals surface area contributed by atoms with E-state index < -0.39 is 0 Å². The van der Waals surface area contributed by atoms with Crippen LogP contribution in [0.4, 0.5) is 15.8 Å². The summed E-state index contributed by atoms with van der Waals surface area (Å²) in [7, 11) is 0. The van der Waals surface area contributed by atoms with E-state index in [0.717, 1.165) is 11.3 Å². The number of nitrogens with one attached hydrogen (secondary N) is 1. The van der Waals surface area contributed by atoms with Crippen LogP contribution in [-0.4, -0.2) is 4.99 Å². The SMILES string of the molecule is Cc1ccc(Nc2ccc(F)cc2C(N)=S)c(C)c1. The third-order valence-electron chi connectivity index (χ3n) is 2.90. The van der Waals surface area contributed by atoms with E-state index in [1.165, 1.54) is 17.7 Å². The number of nitrogens with two attached hydrogens (primary N) is 1. The van der Waals surface area contributed by atoms with Gasteiger partial charge >= 0.3 is 0 Å². The highest BCUT2D eigenvalue weighted by Crippen LogP contribution is 2.25. The molecule has 2 nitrogen and oxygen atoms in total. The van der Waals surface area contributed by atoms with Gasteiger partial charge in [-0.2, -0.15) is 0 Å². The number of hydrogen-bond acceptors (Lipinski definition) is 2. The Morgan fingerprint density at radius 2 is 1.79 bits per heavy atom. The van der Waals surface area contributed by atoms with Gasteiger partial charge < -0.3 is 11.1 Å². The predicted molar refractivity (Wildman–Crippen MR) is 81.5 cm³/mol. The summed E-state index contributed by atoms with van der Waals surface area (Å²) in [6, 6.07) is 10.4. The molecule has 0 amide bonds. The van der Waals surface area contributed by atoms with Crippen LogP contribution in [0.25, 0.3) is 0 Å². The lowest BCUT2D eigenvalue weighted by Gasteiger charge is -2.13. The van der Waals surface area contributed by atoms with Crippen LogP contribution in [0.3, 0.4) is 0 Å². The van der Waals surface area contributed by atoms with Crippen LogP contribution in [0.15, 0.2) is 36.4 Å². The Morgan fingerprint density at radius 1 is 1.11 bits per heavy atom. The average molecular weight is 274 g/mol. The maximum atomic E-state index is 13.2. The summed E-state index contributed by atoms with van der Waals surface area (Å²) in [6.07, 6.45) is 0. The highest BCUT2D eigenvalue weighted by atomic mass is 32.1. The summed E-state index contributed by atoms with van der Waals surface area (Å²) in [5.41, 5.74) is 10.1. The molecule has 2 aromatic carbocycles. The normalized spacial score (nSPS) is 10.3. The van der Waals surface area contributed by atoms with Gasteiger partial charge in [0.05, 0.1) is 0 Å². The van der Waals surface area contributed by atoms with Gasteiger partial charge in [0.15, 0.2) is 0 Å². The van der Waals surface area contributed by atoms with E-state index in [1.54, 1.807) is 6.07 Å². The lowest BCUT2D eigenvalue weighted by molar-refractivity contribution is 0.628. The van der Waals surface area contributed by atoms with E-state index in [-0.39, 0.29) is 10.8 Å². The van der Waals surface area contributed by atoms with Crippen LogP contribution in [0.1, 0.15) is 16.7 Å². The monoisotopic (exact) mass is 274 g/mol. The molecule has 0 saturated carbocycles. The Morgan fingerprint density at radius 3 is 2.42 bits per heavy atom. The van der Waals surface area contributed by atoms with Crippen LogP contribution in [0.5, 0.6) is 0 Å². The van der Waals surface area contributed by atoms with Gasteiger partial charge in [0.2, 0.25) is 0 Å². The Bertz CT molecular complexity index is 638. The van der Waals surface area contributed by atoms with Crippen molar-refractivity contribution in [1.29, 1.82) is 0 Å². The van der Waals surface area contributed by atoms with Gasteiger partial charge in [0.25, 0.3) is 0 Å². The van der Waals surface area contributed by atoms with Crippen LogP contribution in [-0.2, 0) is 0 Å². The number of rotatable bonds is 3. The molecular weight excluding hydrogens is 259 g/mol. The van der Waals surface area contributed by atoms with Crippen molar-refractivity contribution in [1.82, 2.24) is 0 Å². The maximum Gasteiger partial charge on any atom is 0.124 e. The number of thiocarbonyl (C=S) groups is 1. The Kier molecular flexibility index (Phi) is 3.81. The first-order chi connectivity index (χ1) is 8.97. The number of benzene rings is 2. The fourth-order valence-corrected chi connectivity index (χ4v) is 2.10. The zero-order valence-corrected chi connectivity index (χ0v) is 11.6. The molecule has 0 aliphatic rings. The molecule has 0 saturated heterocycles. The number of aryl methyl sites for hydroxylation is 2. The molecule has 0 heterocycles. The van der Waals surface area contributed by atoms with E-state index in [2.05, 4.69) is 11.4 Å². The van der Waals surface area contributed by atoms with Crippen molar-refractivity contribution >= 4 is 28.6 Å². The molecule has 0 atom stereocenters. The zero-order valence-electron chi connectivity index (χ0n) is 10.8. The lowest BCUT2D eigenvalue weighted by atomic mass is 10.1. The molecule has 98 valence electrons. The standard InChI is InChI=1S/C15H15FN2S/c1-9-3-5-13(10(2)7-9)18-14-6-4-11(16)8-12(14)15(17)19/h3-8,18H,1-2H3,(H2,17,19). The fraction of sp³-hybridized carbons (Fsp3) is 0.133. The summed E-state index contributed by atoms with van der Waals surface area (Å²) < 4.78 is 13.2. The highest BCUT2D eigenvalue weighted by molar-refractivity contribution is 7.80. The van der Waals surface area contributed by atoms with Crippen molar-refractivity contribution < 1.29 is 4.39 Å². The lowest BCUT2D eigenvalue weighted by Crippen LogP contribution is -2.12. The second-order valence-electron chi connectivity index (χ2n) is 4.50. The fourth-order valence-electron chi connectivity index (χ4n) is 1.93. The quantitative estimate of drug-likeness (QED) is 0.836. The van der Waals surface area contributed by atoms with E-state index in [1.807, 2.05) is 26.0 Å². The largest absolute Gasteiger partial charge is 0.389 e. The number of hydrogen-bond donors (Lipinski definition) is 2. The van der Waals surface area contributed by atoms with Crippen LogP contribution in [0.2, 0.25) is 0 Å². The third-order valence-corrected chi connectivity index (χ3v) is 3.12. The van der Waals surface area contributed by atoms with Crippen LogP contribution in [0, 0.1) is 19.7 Å². The Hall–Kier alpha value is -1.94. The molecule has 0 spiro atoms. The molecule has 0 radical (unpaired) electrons. The summed E-state index contributed by atoms with van der Waals surface area (Å²) in [5, 5.41) is 3.24. The molecule has 0 bridgehead atoms. The van der Waals surface area contributed by atoms with Gasteiger partial charge in [-0.3, -0.25) is 0 Å². The number of anilines is 2. The Balaban J connectivity index is 2.40. The molecule has 2 aromatic rings. The molecule has 0 unspecified atom stereocenters. The van der Waals surface area contributed by atoms with Crippen LogP contribution >= 0.6 is 12.2 Å². The molecular formula is C15H15FN2S. The second kappa shape index (κ2) is 5.36. The summed E-state index contributed by atoms with van der Waals surface area (Å²) in [4.78, 5) is 0.173.